The van der Waals surface area contributed by atoms with Gasteiger partial charge < -0.3 is 18.3 Å². The summed E-state index contributed by atoms with van der Waals surface area (Å²) < 4.78 is 250. The summed E-state index contributed by atoms with van der Waals surface area (Å²) in [4.78, 5) is 0. The maximum Gasteiger partial charge on any atom is 0.460 e. The Kier molecular flexibility index (Phi) is 12.9. The third kappa shape index (κ3) is 7.70. The third-order valence-electron chi connectivity index (χ3n) is 7.10. The highest BCUT2D eigenvalue weighted by molar-refractivity contribution is 8.27. The van der Waals surface area contributed by atoms with Crippen molar-refractivity contribution in [2.24, 2.45) is 0 Å². The summed E-state index contributed by atoms with van der Waals surface area (Å²) in [5.74, 6) is -40.7. The van der Waals surface area contributed by atoms with Crippen molar-refractivity contribution in [3.05, 3.63) is 9.54 Å². The SMILES string of the molecule is CCSc1c(SN2Sc3c(n(C(C)C)c(=S)n3CC(F)(F)C(F)(F)C(F)(F)C(F)(F)F)S2)n(C(C)C)c(=S)n1CC(F)(F)C(F)(F)C(F)(F)C(F)(F)F. The van der Waals surface area contributed by atoms with E-state index in [1.54, 1.807) is 0 Å². The number of fused-ring (bicyclic) bond motifs is 1. The van der Waals surface area contributed by atoms with Crippen LogP contribution < -0.4 is 0 Å². The highest BCUT2D eigenvalue weighted by atomic mass is 32.3. The monoisotopic (exact) mass is 915 g/mol. The van der Waals surface area contributed by atoms with Crippen molar-refractivity contribution in [1.29, 1.82) is 0 Å². The Morgan fingerprint density at radius 3 is 1.30 bits per heavy atom. The molecule has 0 aromatic carbocycles. The van der Waals surface area contributed by atoms with Crippen LogP contribution in [0.1, 0.15) is 46.7 Å². The molecule has 0 radical (unpaired) electrons. The first-order chi connectivity index (χ1) is 23.6. The summed E-state index contributed by atoms with van der Waals surface area (Å²) in [6.07, 6.45) is -14.2. The Morgan fingerprint density at radius 1 is 0.547 bits per heavy atom. The van der Waals surface area contributed by atoms with E-state index < -0.39 is 92.7 Å². The van der Waals surface area contributed by atoms with E-state index in [4.69, 9.17) is 24.4 Å². The van der Waals surface area contributed by atoms with Crippen LogP contribution in [0.15, 0.2) is 20.1 Å². The van der Waals surface area contributed by atoms with E-state index in [9.17, 15) is 79.0 Å². The Labute approximate surface area is 314 Å². The van der Waals surface area contributed by atoms with Gasteiger partial charge in [-0.2, -0.15) is 79.0 Å². The predicted molar refractivity (Wildman–Crippen MR) is 165 cm³/mol. The van der Waals surface area contributed by atoms with Crippen LogP contribution >= 0.6 is 72.0 Å². The van der Waals surface area contributed by atoms with Gasteiger partial charge >= 0.3 is 47.9 Å². The highest BCUT2D eigenvalue weighted by Gasteiger charge is 2.82. The molecule has 2 aromatic heterocycles. The zero-order valence-electron chi connectivity index (χ0n) is 26.8. The van der Waals surface area contributed by atoms with Crippen LogP contribution in [-0.4, -0.2) is 75.0 Å². The molecule has 0 spiro atoms. The van der Waals surface area contributed by atoms with Crippen LogP contribution in [0.3, 0.4) is 0 Å². The van der Waals surface area contributed by atoms with Crippen molar-refractivity contribution < 1.29 is 79.0 Å². The molecule has 0 aliphatic carbocycles. The Morgan fingerprint density at radius 2 is 0.925 bits per heavy atom. The van der Waals surface area contributed by atoms with Crippen LogP contribution in [0, 0.1) is 9.54 Å². The number of hydrogen-bond donors (Lipinski definition) is 0. The van der Waals surface area contributed by atoms with E-state index in [0.717, 1.165) is 12.3 Å². The Hall–Kier alpha value is -1.04. The lowest BCUT2D eigenvalue weighted by Gasteiger charge is -2.34. The fourth-order valence-electron chi connectivity index (χ4n) is 4.44. The molecule has 0 saturated carbocycles. The number of rotatable bonds is 14. The molecule has 0 saturated heterocycles. The Balaban J connectivity index is 2.14. The fraction of sp³-hybridized carbons (Fsp3) is 0.750. The van der Waals surface area contributed by atoms with Crippen LogP contribution in [0.2, 0.25) is 0 Å². The number of thioether (sulfide) groups is 1. The number of halogens is 18. The summed E-state index contributed by atoms with van der Waals surface area (Å²) in [5.41, 5.74) is 0. The van der Waals surface area contributed by atoms with Gasteiger partial charge in [0.1, 0.15) is 20.1 Å². The van der Waals surface area contributed by atoms with Gasteiger partial charge in [0.05, 0.1) is 13.1 Å². The molecular formula is C24H23F18N5S6. The molecule has 0 amide bonds. The smallest absolute Gasteiger partial charge is 0.307 e. The number of imidazole rings is 2. The molecule has 0 unspecified atom stereocenters. The summed E-state index contributed by atoms with van der Waals surface area (Å²) in [6, 6.07) is -1.68. The molecule has 5 nitrogen and oxygen atoms in total. The van der Waals surface area contributed by atoms with Gasteiger partial charge in [-0.25, -0.2) is 0 Å². The quantitative estimate of drug-likeness (QED) is 0.0805. The molecule has 2 aromatic rings. The molecule has 3 rings (SSSR count). The molecule has 1 aliphatic rings. The molecule has 53 heavy (non-hydrogen) atoms. The van der Waals surface area contributed by atoms with E-state index in [1.807, 2.05) is 0 Å². The molecule has 29 heteroatoms. The molecule has 3 heterocycles. The first kappa shape index (κ1) is 46.3. The van der Waals surface area contributed by atoms with Gasteiger partial charge in [0.25, 0.3) is 0 Å². The van der Waals surface area contributed by atoms with Crippen molar-refractivity contribution >= 4 is 72.0 Å². The minimum Gasteiger partial charge on any atom is -0.307 e. The normalized spacial score (nSPS) is 16.1. The maximum absolute atomic E-state index is 14.9. The molecule has 1 aliphatic heterocycles. The summed E-state index contributed by atoms with van der Waals surface area (Å²) >= 11 is 12.2. The van der Waals surface area contributed by atoms with Crippen molar-refractivity contribution in [2.45, 2.75) is 128 Å². The number of nitrogens with zero attached hydrogens (tertiary/aromatic N) is 5. The average molecular weight is 916 g/mol. The van der Waals surface area contributed by atoms with Crippen LogP contribution in [0.4, 0.5) is 79.0 Å². The lowest BCUT2D eigenvalue weighted by molar-refractivity contribution is -0.397. The number of hydrogen-bond acceptors (Lipinski definition) is 7. The van der Waals surface area contributed by atoms with E-state index in [-0.39, 0.29) is 24.9 Å². The molecule has 0 fully saturated rings. The third-order valence-corrected chi connectivity index (χ3v) is 12.7. The molecule has 0 atom stereocenters. The minimum absolute atomic E-state index is 0.0742. The van der Waals surface area contributed by atoms with Gasteiger partial charge in [0.2, 0.25) is 0 Å². The van der Waals surface area contributed by atoms with E-state index in [0.29, 0.717) is 47.6 Å². The second-order valence-electron chi connectivity index (χ2n) is 11.5. The van der Waals surface area contributed by atoms with Crippen LogP contribution in [-0.2, 0) is 13.1 Å². The van der Waals surface area contributed by atoms with Gasteiger partial charge in [-0.05, 0) is 57.9 Å². The van der Waals surface area contributed by atoms with Gasteiger partial charge in [0.15, 0.2) is 9.54 Å². The predicted octanol–water partition coefficient (Wildman–Crippen LogP) is 12.6. The van der Waals surface area contributed by atoms with Crippen molar-refractivity contribution in [3.8, 4) is 0 Å². The summed E-state index contributed by atoms with van der Waals surface area (Å²) in [7, 11) is 0. The van der Waals surface area contributed by atoms with Gasteiger partial charge in [0, 0.05) is 47.9 Å². The van der Waals surface area contributed by atoms with Gasteiger partial charge in [-0.3, -0.25) is 0 Å². The molecule has 0 N–H and O–H groups in total. The van der Waals surface area contributed by atoms with E-state index in [1.165, 1.54) is 34.6 Å². The second-order valence-corrected chi connectivity index (χ2v) is 17.0. The molecule has 306 valence electrons. The maximum atomic E-state index is 14.9. The number of aromatic nitrogens is 4. The minimum atomic E-state index is -7.20. The lowest BCUT2D eigenvalue weighted by Crippen LogP contribution is -2.62. The second kappa shape index (κ2) is 14.7. The van der Waals surface area contributed by atoms with E-state index >= 15 is 0 Å². The first-order valence-corrected chi connectivity index (χ1v) is 18.2. The average Bonchev–Trinajstić information content (AvgIpc) is 3.56. The first-order valence-electron chi connectivity index (χ1n) is 14.1. The highest BCUT2D eigenvalue weighted by Crippen LogP contribution is 2.58. The summed E-state index contributed by atoms with van der Waals surface area (Å²) in [5, 5.41) is -1.36. The largest absolute Gasteiger partial charge is 0.460 e. The standard InChI is InChI=1S/C24H23F18N5S6/c1-6-50-11-13(45(9(2)3)15(48)43(11)7-17(25,26)19(29,30)21(33,34)23(37,38)39)52-47-51-12-14(53-47)46(10(4)5)16(49)44(12)8-18(27,28)20(31,32)22(35,36)24(40,41)42/h9-10H,6-8H2,1-5H3. The van der Waals surface area contributed by atoms with E-state index in [2.05, 4.69) is 0 Å². The summed E-state index contributed by atoms with van der Waals surface area (Å²) in [6.45, 7) is 1.95. The topological polar surface area (TPSA) is 23.0 Å². The van der Waals surface area contributed by atoms with Gasteiger partial charge in [-0.15, -0.1) is 14.9 Å². The van der Waals surface area contributed by atoms with Crippen LogP contribution in [0.5, 0.6) is 0 Å². The Bertz CT molecular complexity index is 1790. The number of alkyl halides is 18. The zero-order valence-corrected chi connectivity index (χ0v) is 31.7. The fourth-order valence-corrected chi connectivity index (χ4v) is 10.6. The van der Waals surface area contributed by atoms with Crippen LogP contribution in [0.25, 0.3) is 0 Å². The lowest BCUT2D eigenvalue weighted by atomic mass is 10.0. The van der Waals surface area contributed by atoms with Gasteiger partial charge in [-0.1, -0.05) is 6.92 Å². The molecular weight excluding hydrogens is 893 g/mol. The zero-order chi connectivity index (χ0) is 41.5. The van der Waals surface area contributed by atoms with Crippen molar-refractivity contribution in [1.82, 2.24) is 21.4 Å². The van der Waals surface area contributed by atoms with Crippen molar-refractivity contribution in [3.63, 3.8) is 0 Å². The van der Waals surface area contributed by atoms with Crippen molar-refractivity contribution in [2.75, 3.05) is 5.75 Å². The molecule has 0 bridgehead atoms.